The normalized spacial score (nSPS) is 16.4. The van der Waals surface area contributed by atoms with E-state index in [4.69, 9.17) is 12.3 Å². The molecule has 7 rings (SSSR count). The molecule has 0 radical (unpaired) electrons. The first kappa shape index (κ1) is 14.1. The van der Waals surface area contributed by atoms with Gasteiger partial charge in [-0.25, -0.2) is 0 Å². The second-order valence-corrected chi connectivity index (χ2v) is 10.8. The molecule has 0 spiro atoms. The van der Waals surface area contributed by atoms with Crippen molar-refractivity contribution in [3.63, 3.8) is 0 Å². The molecule has 0 atom stereocenters. The number of rotatable bonds is 3. The lowest BCUT2D eigenvalue weighted by molar-refractivity contribution is 0.590. The minimum absolute atomic E-state index is 0.0980. The first-order valence-electron chi connectivity index (χ1n) is 19.6. The lowest BCUT2D eigenvalue weighted by atomic mass is 9.83. The molecule has 0 unspecified atom stereocenters. The third-order valence-electron chi connectivity index (χ3n) is 7.34. The van der Waals surface area contributed by atoms with Gasteiger partial charge in [-0.15, -0.1) is 0 Å². The quantitative estimate of drug-likeness (QED) is 0.201. The Morgan fingerprint density at radius 1 is 0.475 bits per heavy atom. The average molecular weight is 526 g/mol. The summed E-state index contributed by atoms with van der Waals surface area (Å²) in [4.78, 5) is 0. The Morgan fingerprint density at radius 2 is 1.02 bits per heavy atom. The van der Waals surface area contributed by atoms with Crippen LogP contribution in [0.1, 0.15) is 44.2 Å². The van der Waals surface area contributed by atoms with E-state index in [9.17, 15) is 5.48 Å². The maximum absolute atomic E-state index is 9.32. The molecular formula is C40H32. The molecule has 0 saturated carbocycles. The number of fused-ring (bicyclic) bond motifs is 3. The summed E-state index contributed by atoms with van der Waals surface area (Å²) < 4.78 is 115. The van der Waals surface area contributed by atoms with Gasteiger partial charge in [-0.3, -0.25) is 0 Å². The van der Waals surface area contributed by atoms with E-state index in [2.05, 4.69) is 20.8 Å². The second kappa shape index (κ2) is 9.50. The number of benzene rings is 7. The SMILES string of the molecule is [2H]c1c([2H])c([2H])c(-c2c3c([2H])c([2H])c([2H])c([2H])c3c(-c3cc(-c4ccc(C(C)(C)C)cc4)cc4ccccc34)c3c([2H])c([2H])c([2H])c([2H])c23)c([2H])c1[2H]. The Bertz CT molecular complexity index is 2620. The smallest absolute Gasteiger partial charge is 0.0622 e. The fraction of sp³-hybridized carbons (Fsp3) is 0.100. The van der Waals surface area contributed by atoms with Gasteiger partial charge in [-0.1, -0.05) is 148 Å². The zero-order chi connectivity index (χ0) is 38.6. The molecule has 0 bridgehead atoms. The molecule has 0 fully saturated rings. The molecule has 0 N–H and O–H groups in total. The summed E-state index contributed by atoms with van der Waals surface area (Å²) in [5.74, 6) is 0. The van der Waals surface area contributed by atoms with Gasteiger partial charge in [0.25, 0.3) is 0 Å². The van der Waals surface area contributed by atoms with Gasteiger partial charge in [0.15, 0.2) is 0 Å². The molecule has 7 aromatic carbocycles. The molecule has 0 aliphatic rings. The lowest BCUT2D eigenvalue weighted by Crippen LogP contribution is -2.10. The van der Waals surface area contributed by atoms with Crippen LogP contribution >= 0.6 is 0 Å². The van der Waals surface area contributed by atoms with E-state index in [0.29, 0.717) is 10.9 Å². The van der Waals surface area contributed by atoms with Gasteiger partial charge in [0.1, 0.15) is 0 Å². The van der Waals surface area contributed by atoms with Crippen LogP contribution < -0.4 is 0 Å². The van der Waals surface area contributed by atoms with Crippen molar-refractivity contribution in [3.8, 4) is 33.4 Å². The van der Waals surface area contributed by atoms with Crippen LogP contribution in [0.4, 0.5) is 0 Å². The summed E-state index contributed by atoms with van der Waals surface area (Å²) in [5.41, 5.74) is 2.41. The summed E-state index contributed by atoms with van der Waals surface area (Å²) in [5, 5.41) is 0.719. The average Bonchev–Trinajstić information content (AvgIpc) is 3.14. The fourth-order valence-corrected chi connectivity index (χ4v) is 5.37. The van der Waals surface area contributed by atoms with E-state index in [0.717, 1.165) is 22.1 Å². The third-order valence-corrected chi connectivity index (χ3v) is 7.34. The second-order valence-electron chi connectivity index (χ2n) is 10.8. The molecule has 0 aromatic heterocycles. The first-order chi connectivity index (χ1) is 24.9. The molecule has 40 heavy (non-hydrogen) atoms. The monoisotopic (exact) mass is 525 g/mol. The molecule has 0 aliphatic heterocycles. The van der Waals surface area contributed by atoms with Gasteiger partial charge in [0.05, 0.1) is 17.8 Å². The Morgan fingerprint density at radius 3 is 1.62 bits per heavy atom. The van der Waals surface area contributed by atoms with Crippen molar-refractivity contribution < 1.29 is 17.8 Å². The zero-order valence-electron chi connectivity index (χ0n) is 35.3. The van der Waals surface area contributed by atoms with Crippen LogP contribution in [0.2, 0.25) is 0 Å². The van der Waals surface area contributed by atoms with Crippen molar-refractivity contribution in [2.45, 2.75) is 26.2 Å². The maximum Gasteiger partial charge on any atom is 0.0629 e. The van der Waals surface area contributed by atoms with Crippen molar-refractivity contribution in [2.24, 2.45) is 0 Å². The summed E-state index contributed by atoms with van der Waals surface area (Å²) in [6.07, 6.45) is 0. The van der Waals surface area contributed by atoms with Crippen LogP contribution in [0.25, 0.3) is 65.7 Å². The van der Waals surface area contributed by atoms with E-state index in [-0.39, 0.29) is 38.1 Å². The highest BCUT2D eigenvalue weighted by molar-refractivity contribution is 6.23. The highest BCUT2D eigenvalue weighted by atomic mass is 14.2. The van der Waals surface area contributed by atoms with E-state index in [1.807, 2.05) is 54.6 Å². The topological polar surface area (TPSA) is 0 Å². The summed E-state index contributed by atoms with van der Waals surface area (Å²) in [6.45, 7) is 6.35. The van der Waals surface area contributed by atoms with Crippen LogP contribution in [-0.2, 0) is 5.41 Å². The van der Waals surface area contributed by atoms with E-state index in [1.165, 1.54) is 0 Å². The molecule has 192 valence electrons. The lowest BCUT2D eigenvalue weighted by Gasteiger charge is -2.20. The van der Waals surface area contributed by atoms with E-state index in [1.54, 1.807) is 6.07 Å². The Kier molecular flexibility index (Phi) is 3.35. The molecule has 0 nitrogen and oxygen atoms in total. The van der Waals surface area contributed by atoms with Crippen molar-refractivity contribution in [2.75, 3.05) is 0 Å². The molecule has 0 aliphatic carbocycles. The Hall–Kier alpha value is -4.68. The van der Waals surface area contributed by atoms with Gasteiger partial charge in [-0.2, -0.15) is 0 Å². The van der Waals surface area contributed by atoms with Crippen molar-refractivity contribution in [1.82, 2.24) is 0 Å². The highest BCUT2D eigenvalue weighted by Crippen LogP contribution is 2.46. The van der Waals surface area contributed by atoms with E-state index < -0.39 is 84.1 Å². The van der Waals surface area contributed by atoms with Crippen LogP contribution in [0.15, 0.2) is 139 Å². The Labute approximate surface area is 254 Å². The fourth-order valence-electron chi connectivity index (χ4n) is 5.37. The van der Waals surface area contributed by atoms with Gasteiger partial charge in [0.2, 0.25) is 0 Å². The van der Waals surface area contributed by atoms with Crippen LogP contribution in [0.5, 0.6) is 0 Å². The highest BCUT2D eigenvalue weighted by Gasteiger charge is 2.19. The number of hydrogen-bond donors (Lipinski definition) is 0. The van der Waals surface area contributed by atoms with Crippen molar-refractivity contribution >= 4 is 32.3 Å². The molecule has 0 heteroatoms. The molecule has 7 aromatic rings. The van der Waals surface area contributed by atoms with Crippen molar-refractivity contribution in [1.29, 1.82) is 0 Å². The van der Waals surface area contributed by atoms with Crippen LogP contribution in [-0.4, -0.2) is 0 Å². The van der Waals surface area contributed by atoms with Gasteiger partial charge in [-0.05, 0) is 88.8 Å². The molecule has 0 amide bonds. The molecule has 0 saturated heterocycles. The van der Waals surface area contributed by atoms with Gasteiger partial charge >= 0.3 is 0 Å². The minimum atomic E-state index is -0.704. The predicted octanol–water partition coefficient (Wildman–Crippen LogP) is 11.4. The predicted molar refractivity (Wildman–Crippen MR) is 174 cm³/mol. The first-order valence-corrected chi connectivity index (χ1v) is 13.1. The van der Waals surface area contributed by atoms with Gasteiger partial charge < -0.3 is 0 Å². The van der Waals surface area contributed by atoms with Gasteiger partial charge in [0, 0.05) is 0 Å². The standard InChI is InChI=1S/C40H32/c1-40(2,3)31-23-21-27(22-24-31)30-25-29-15-7-8-16-32(29)37(26-30)39-35-19-11-9-17-33(35)38(28-13-5-4-6-14-28)34-18-10-12-20-36(34)39/h4-26H,1-3H3/i4D,5D,6D,9D,10D,11D,12D,13D,14D,17D,18D,19D,20D. The number of hydrogen-bond acceptors (Lipinski definition) is 0. The Balaban J connectivity index is 1.80. The maximum atomic E-state index is 9.32. The minimum Gasteiger partial charge on any atom is -0.0622 e. The van der Waals surface area contributed by atoms with E-state index >= 15 is 0 Å². The van der Waals surface area contributed by atoms with Crippen LogP contribution in [0, 0.1) is 0 Å². The third kappa shape index (κ3) is 4.08. The molecular weight excluding hydrogens is 480 g/mol. The molecule has 0 heterocycles. The largest absolute Gasteiger partial charge is 0.0629 e. The summed E-state index contributed by atoms with van der Waals surface area (Å²) in [6, 6.07) is 11.1. The van der Waals surface area contributed by atoms with Crippen molar-refractivity contribution in [3.05, 3.63) is 145 Å². The zero-order valence-corrected chi connectivity index (χ0v) is 22.3. The van der Waals surface area contributed by atoms with Crippen LogP contribution in [0.3, 0.4) is 0 Å². The summed E-state index contributed by atoms with van der Waals surface area (Å²) >= 11 is 0. The summed E-state index contributed by atoms with van der Waals surface area (Å²) in [7, 11) is 0.